The van der Waals surface area contributed by atoms with Crippen LogP contribution in [0.4, 0.5) is 10.3 Å². The smallest absolute Gasteiger partial charge is 0.225 e. The van der Waals surface area contributed by atoms with Crippen LogP contribution in [0.25, 0.3) is 0 Å². The Kier molecular flexibility index (Phi) is 3.89. The molecular formula is C12H19FN4. The molecule has 1 aliphatic heterocycles. The van der Waals surface area contributed by atoms with Crippen LogP contribution in [-0.2, 0) is 0 Å². The fraction of sp³-hybridized carbons (Fsp3) is 0.667. The summed E-state index contributed by atoms with van der Waals surface area (Å²) in [5, 5.41) is 0. The molecule has 2 heterocycles. The zero-order valence-corrected chi connectivity index (χ0v) is 10.4. The molecular weight excluding hydrogens is 219 g/mol. The standard InChI is InChI=1S/C12H19FN4/c1-16(2)11-4-3-6-17(7-5-11)12-14-8-10(13)9-15-12/h8-9,11H,3-7H2,1-2H3/t11-/m1/s1. The summed E-state index contributed by atoms with van der Waals surface area (Å²) in [5.74, 6) is 0.264. The Morgan fingerprint density at radius 1 is 1.24 bits per heavy atom. The molecule has 94 valence electrons. The van der Waals surface area contributed by atoms with Crippen molar-refractivity contribution in [2.75, 3.05) is 32.1 Å². The molecule has 4 nitrogen and oxygen atoms in total. The third-order valence-corrected chi connectivity index (χ3v) is 3.32. The molecule has 1 aliphatic rings. The maximum absolute atomic E-state index is 12.8. The minimum Gasteiger partial charge on any atom is -0.341 e. The van der Waals surface area contributed by atoms with E-state index in [9.17, 15) is 4.39 Å². The Balaban J connectivity index is 2.01. The van der Waals surface area contributed by atoms with E-state index in [0.717, 1.165) is 25.9 Å². The van der Waals surface area contributed by atoms with Gasteiger partial charge in [0.05, 0.1) is 12.4 Å². The fourth-order valence-electron chi connectivity index (χ4n) is 2.26. The Bertz CT molecular complexity index is 352. The van der Waals surface area contributed by atoms with Crippen molar-refractivity contribution in [2.24, 2.45) is 0 Å². The second-order valence-electron chi connectivity index (χ2n) is 4.74. The molecule has 5 heteroatoms. The largest absolute Gasteiger partial charge is 0.341 e. The summed E-state index contributed by atoms with van der Waals surface area (Å²) in [6.07, 6.45) is 5.90. The van der Waals surface area contributed by atoms with Crippen molar-refractivity contribution in [3.8, 4) is 0 Å². The van der Waals surface area contributed by atoms with Crippen LogP contribution in [0, 0.1) is 5.82 Å². The number of anilines is 1. The first-order chi connectivity index (χ1) is 8.16. The van der Waals surface area contributed by atoms with E-state index in [1.54, 1.807) is 0 Å². The predicted octanol–water partition coefficient (Wildman–Crippen LogP) is 1.54. The number of rotatable bonds is 2. The molecule has 0 aliphatic carbocycles. The molecule has 0 radical (unpaired) electrons. The average Bonchev–Trinajstić information content (AvgIpc) is 2.55. The van der Waals surface area contributed by atoms with Gasteiger partial charge in [-0.3, -0.25) is 0 Å². The van der Waals surface area contributed by atoms with Crippen LogP contribution in [0.3, 0.4) is 0 Å². The van der Waals surface area contributed by atoms with E-state index in [2.05, 4.69) is 33.9 Å². The predicted molar refractivity (Wildman–Crippen MR) is 65.5 cm³/mol. The van der Waals surface area contributed by atoms with Crippen molar-refractivity contribution >= 4 is 5.95 Å². The molecule has 0 unspecified atom stereocenters. The van der Waals surface area contributed by atoms with Gasteiger partial charge in [-0.1, -0.05) is 0 Å². The van der Waals surface area contributed by atoms with Crippen LogP contribution in [0.5, 0.6) is 0 Å². The Morgan fingerprint density at radius 3 is 2.59 bits per heavy atom. The highest BCUT2D eigenvalue weighted by molar-refractivity contribution is 5.28. The van der Waals surface area contributed by atoms with E-state index in [1.807, 2.05) is 0 Å². The highest BCUT2D eigenvalue weighted by Gasteiger charge is 2.19. The number of nitrogens with zero attached hydrogens (tertiary/aromatic N) is 4. The van der Waals surface area contributed by atoms with Gasteiger partial charge in [0.1, 0.15) is 0 Å². The molecule has 1 saturated heterocycles. The molecule has 0 spiro atoms. The van der Waals surface area contributed by atoms with Crippen LogP contribution in [0.1, 0.15) is 19.3 Å². The molecule has 1 aromatic rings. The van der Waals surface area contributed by atoms with Gasteiger partial charge >= 0.3 is 0 Å². The van der Waals surface area contributed by atoms with Crippen LogP contribution >= 0.6 is 0 Å². The lowest BCUT2D eigenvalue weighted by atomic mass is 10.1. The number of hydrogen-bond acceptors (Lipinski definition) is 4. The third-order valence-electron chi connectivity index (χ3n) is 3.32. The summed E-state index contributed by atoms with van der Waals surface area (Å²) in [4.78, 5) is 12.5. The Hall–Kier alpha value is -1.23. The van der Waals surface area contributed by atoms with Gasteiger partial charge in [-0.2, -0.15) is 0 Å². The SMILES string of the molecule is CN(C)[C@@H]1CCCN(c2ncc(F)cn2)CC1. The summed E-state index contributed by atoms with van der Waals surface area (Å²) in [6, 6.07) is 0.625. The lowest BCUT2D eigenvalue weighted by Crippen LogP contribution is -2.30. The molecule has 0 aromatic carbocycles. The van der Waals surface area contributed by atoms with Gasteiger partial charge in [0.15, 0.2) is 5.82 Å². The van der Waals surface area contributed by atoms with Crippen molar-refractivity contribution in [1.82, 2.24) is 14.9 Å². The molecule has 1 aromatic heterocycles. The van der Waals surface area contributed by atoms with E-state index in [0.29, 0.717) is 12.0 Å². The van der Waals surface area contributed by atoms with Gasteiger partial charge in [0, 0.05) is 19.1 Å². The summed E-state index contributed by atoms with van der Waals surface area (Å²) >= 11 is 0. The molecule has 0 N–H and O–H groups in total. The molecule has 1 atom stereocenters. The van der Waals surface area contributed by atoms with Crippen LogP contribution in [0.2, 0.25) is 0 Å². The van der Waals surface area contributed by atoms with Crippen LogP contribution < -0.4 is 4.90 Å². The van der Waals surface area contributed by atoms with Crippen LogP contribution in [0.15, 0.2) is 12.4 Å². The molecule has 0 bridgehead atoms. The Morgan fingerprint density at radius 2 is 1.94 bits per heavy atom. The van der Waals surface area contributed by atoms with Crippen molar-refractivity contribution in [1.29, 1.82) is 0 Å². The van der Waals surface area contributed by atoms with Crippen molar-refractivity contribution in [3.05, 3.63) is 18.2 Å². The maximum atomic E-state index is 12.8. The van der Waals surface area contributed by atoms with Crippen molar-refractivity contribution < 1.29 is 4.39 Å². The first kappa shape index (κ1) is 12.2. The quantitative estimate of drug-likeness (QED) is 0.782. The topological polar surface area (TPSA) is 32.3 Å². The lowest BCUT2D eigenvalue weighted by Gasteiger charge is -2.23. The van der Waals surface area contributed by atoms with Gasteiger partial charge in [0.2, 0.25) is 5.95 Å². The van der Waals surface area contributed by atoms with Gasteiger partial charge in [-0.15, -0.1) is 0 Å². The summed E-state index contributed by atoms with van der Waals surface area (Å²) in [7, 11) is 4.24. The molecule has 2 rings (SSSR count). The monoisotopic (exact) mass is 238 g/mol. The number of hydrogen-bond donors (Lipinski definition) is 0. The minimum atomic E-state index is -0.380. The first-order valence-corrected chi connectivity index (χ1v) is 6.06. The van der Waals surface area contributed by atoms with Crippen LogP contribution in [-0.4, -0.2) is 48.1 Å². The zero-order valence-electron chi connectivity index (χ0n) is 10.4. The van der Waals surface area contributed by atoms with E-state index in [4.69, 9.17) is 0 Å². The number of halogens is 1. The second kappa shape index (κ2) is 5.40. The summed E-state index contributed by atoms with van der Waals surface area (Å²) < 4.78 is 12.8. The average molecular weight is 238 g/mol. The summed E-state index contributed by atoms with van der Waals surface area (Å²) in [5.41, 5.74) is 0. The van der Waals surface area contributed by atoms with Gasteiger partial charge in [0.25, 0.3) is 0 Å². The fourth-order valence-corrected chi connectivity index (χ4v) is 2.26. The highest BCUT2D eigenvalue weighted by atomic mass is 19.1. The minimum absolute atomic E-state index is 0.380. The second-order valence-corrected chi connectivity index (χ2v) is 4.74. The van der Waals surface area contributed by atoms with E-state index in [1.165, 1.54) is 18.8 Å². The van der Waals surface area contributed by atoms with E-state index >= 15 is 0 Å². The van der Waals surface area contributed by atoms with Gasteiger partial charge < -0.3 is 9.80 Å². The lowest BCUT2D eigenvalue weighted by molar-refractivity contribution is 0.272. The molecule has 0 saturated carbocycles. The third kappa shape index (κ3) is 3.12. The van der Waals surface area contributed by atoms with E-state index < -0.39 is 0 Å². The summed E-state index contributed by atoms with van der Waals surface area (Å²) in [6.45, 7) is 1.89. The molecule has 0 amide bonds. The Labute approximate surface area is 101 Å². The van der Waals surface area contributed by atoms with Crippen molar-refractivity contribution in [3.63, 3.8) is 0 Å². The van der Waals surface area contributed by atoms with Gasteiger partial charge in [-0.25, -0.2) is 14.4 Å². The van der Waals surface area contributed by atoms with E-state index in [-0.39, 0.29) is 5.82 Å². The van der Waals surface area contributed by atoms with Crippen molar-refractivity contribution in [2.45, 2.75) is 25.3 Å². The maximum Gasteiger partial charge on any atom is 0.225 e. The first-order valence-electron chi connectivity index (χ1n) is 6.06. The normalized spacial score (nSPS) is 21.6. The highest BCUT2D eigenvalue weighted by Crippen LogP contribution is 2.17. The number of aromatic nitrogens is 2. The van der Waals surface area contributed by atoms with Gasteiger partial charge in [-0.05, 0) is 33.4 Å². The molecule has 17 heavy (non-hydrogen) atoms. The molecule has 1 fully saturated rings. The zero-order chi connectivity index (χ0) is 12.3.